The molecule has 1 aromatic carbocycles. The second-order valence-corrected chi connectivity index (χ2v) is 7.60. The highest BCUT2D eigenvalue weighted by Crippen LogP contribution is 2.23. The number of hydrogen-bond donors (Lipinski definition) is 0. The summed E-state index contributed by atoms with van der Waals surface area (Å²) in [6, 6.07) is 8.05. The van der Waals surface area contributed by atoms with E-state index in [9.17, 15) is 4.79 Å². The summed E-state index contributed by atoms with van der Waals surface area (Å²) in [4.78, 5) is 20.0. The molecule has 0 amide bonds. The van der Waals surface area contributed by atoms with Crippen LogP contribution in [0.25, 0.3) is 11.0 Å². The molecule has 2 aliphatic rings. The Morgan fingerprint density at radius 2 is 2.07 bits per heavy atom. The molecule has 1 unspecified atom stereocenters. The molecule has 0 bridgehead atoms. The van der Waals surface area contributed by atoms with Crippen molar-refractivity contribution in [2.24, 2.45) is 0 Å². The highest BCUT2D eigenvalue weighted by Gasteiger charge is 2.25. The lowest BCUT2D eigenvalue weighted by Crippen LogP contribution is -2.39. The average Bonchev–Trinajstić information content (AvgIpc) is 3.33. The fourth-order valence-electron chi connectivity index (χ4n) is 3.90. The Kier molecular flexibility index (Phi) is 4.22. The molecule has 8 heteroatoms. The van der Waals surface area contributed by atoms with Gasteiger partial charge in [-0.2, -0.15) is 5.10 Å². The van der Waals surface area contributed by atoms with Gasteiger partial charge >= 0.3 is 0 Å². The van der Waals surface area contributed by atoms with Crippen molar-refractivity contribution in [2.75, 3.05) is 19.8 Å². The molecule has 4 heterocycles. The summed E-state index contributed by atoms with van der Waals surface area (Å²) in [5.74, 6) is 0.799. The summed E-state index contributed by atoms with van der Waals surface area (Å²) < 4.78 is 9.13. The Balaban J connectivity index is 1.47. The number of ether oxygens (including phenoxy) is 1. The first-order valence-corrected chi connectivity index (χ1v) is 9.58. The van der Waals surface area contributed by atoms with Gasteiger partial charge in [-0.25, -0.2) is 9.67 Å². The summed E-state index contributed by atoms with van der Waals surface area (Å²) in [5, 5.41) is 5.77. The van der Waals surface area contributed by atoms with E-state index in [1.165, 1.54) is 5.56 Å². The minimum atomic E-state index is 0.00584. The van der Waals surface area contributed by atoms with Crippen LogP contribution in [0.1, 0.15) is 23.9 Å². The molecule has 0 spiro atoms. The van der Waals surface area contributed by atoms with Crippen LogP contribution in [0, 0.1) is 0 Å². The van der Waals surface area contributed by atoms with E-state index in [1.807, 2.05) is 28.9 Å². The summed E-state index contributed by atoms with van der Waals surface area (Å²) in [6.45, 7) is 4.25. The zero-order valence-electron chi connectivity index (χ0n) is 14.8. The zero-order valence-corrected chi connectivity index (χ0v) is 15.6. The first-order chi connectivity index (χ1) is 13.2. The summed E-state index contributed by atoms with van der Waals surface area (Å²) in [5.41, 5.74) is 1.88. The molecule has 7 nitrogen and oxygen atoms in total. The number of hydrogen-bond acceptors (Lipinski definition) is 5. The maximum Gasteiger partial charge on any atom is 0.264 e. The molecule has 1 fully saturated rings. The number of fused-ring (bicyclic) bond motifs is 2. The van der Waals surface area contributed by atoms with E-state index in [-0.39, 0.29) is 11.6 Å². The standard InChI is InChI=1S/C19H20ClN5O2/c20-14-3-1-13(2-4-14)10-23-6-7-24-17(11-23)22-18-16(19(24)26)9-21-25(18)15-5-8-27-12-15/h1-4,9,15H,5-8,10-12H2. The fourth-order valence-corrected chi connectivity index (χ4v) is 4.03. The first kappa shape index (κ1) is 16.9. The van der Waals surface area contributed by atoms with Gasteiger partial charge in [-0.3, -0.25) is 14.3 Å². The summed E-state index contributed by atoms with van der Waals surface area (Å²) >= 11 is 5.97. The molecule has 1 atom stereocenters. The van der Waals surface area contributed by atoms with Gasteiger partial charge in [-0.1, -0.05) is 23.7 Å². The third-order valence-electron chi connectivity index (χ3n) is 5.37. The molecular weight excluding hydrogens is 366 g/mol. The van der Waals surface area contributed by atoms with Gasteiger partial charge in [0.05, 0.1) is 25.4 Å². The third-order valence-corrected chi connectivity index (χ3v) is 5.62. The monoisotopic (exact) mass is 385 g/mol. The molecule has 0 saturated carbocycles. The van der Waals surface area contributed by atoms with Gasteiger partial charge < -0.3 is 4.74 Å². The van der Waals surface area contributed by atoms with Crippen molar-refractivity contribution in [3.05, 3.63) is 57.2 Å². The van der Waals surface area contributed by atoms with Crippen molar-refractivity contribution < 1.29 is 4.74 Å². The normalized spacial score (nSPS) is 20.3. The van der Waals surface area contributed by atoms with E-state index in [4.69, 9.17) is 21.3 Å². The van der Waals surface area contributed by atoms with Gasteiger partial charge in [0.25, 0.3) is 5.56 Å². The maximum atomic E-state index is 12.9. The number of rotatable bonds is 3. The number of benzene rings is 1. The molecular formula is C19H20ClN5O2. The van der Waals surface area contributed by atoms with Crippen LogP contribution in [0.15, 0.2) is 35.3 Å². The SMILES string of the molecule is O=c1c2cnn(C3CCOC3)c2nc2n1CCN(Cc1ccc(Cl)cc1)C2. The van der Waals surface area contributed by atoms with Gasteiger partial charge in [-0.15, -0.1) is 0 Å². The fraction of sp³-hybridized carbons (Fsp3) is 0.421. The van der Waals surface area contributed by atoms with Gasteiger partial charge in [0.15, 0.2) is 5.65 Å². The van der Waals surface area contributed by atoms with E-state index >= 15 is 0 Å². The van der Waals surface area contributed by atoms with Gasteiger partial charge in [-0.05, 0) is 24.1 Å². The molecule has 3 aromatic rings. The van der Waals surface area contributed by atoms with E-state index in [0.29, 0.717) is 30.7 Å². The maximum absolute atomic E-state index is 12.9. The van der Waals surface area contributed by atoms with Crippen LogP contribution in [-0.4, -0.2) is 44.0 Å². The van der Waals surface area contributed by atoms with Crippen molar-refractivity contribution in [2.45, 2.75) is 32.1 Å². The molecule has 0 N–H and O–H groups in total. The second-order valence-electron chi connectivity index (χ2n) is 7.17. The Morgan fingerprint density at radius 1 is 1.22 bits per heavy atom. The summed E-state index contributed by atoms with van der Waals surface area (Å²) in [7, 11) is 0. The van der Waals surface area contributed by atoms with E-state index < -0.39 is 0 Å². The minimum absolute atomic E-state index is 0.00584. The van der Waals surface area contributed by atoms with Gasteiger partial charge in [0.2, 0.25) is 0 Å². The van der Waals surface area contributed by atoms with E-state index in [1.54, 1.807) is 10.8 Å². The van der Waals surface area contributed by atoms with Crippen molar-refractivity contribution in [3.8, 4) is 0 Å². The molecule has 27 heavy (non-hydrogen) atoms. The average molecular weight is 386 g/mol. The largest absolute Gasteiger partial charge is 0.379 e. The lowest BCUT2D eigenvalue weighted by atomic mass is 10.2. The topological polar surface area (TPSA) is 65.2 Å². The van der Waals surface area contributed by atoms with Crippen LogP contribution in [0.3, 0.4) is 0 Å². The highest BCUT2D eigenvalue weighted by atomic mass is 35.5. The molecule has 1 saturated heterocycles. The van der Waals surface area contributed by atoms with Gasteiger partial charge in [0.1, 0.15) is 11.2 Å². The van der Waals surface area contributed by atoms with Crippen LogP contribution < -0.4 is 5.56 Å². The summed E-state index contributed by atoms with van der Waals surface area (Å²) in [6.07, 6.45) is 2.55. The van der Waals surface area contributed by atoms with Crippen molar-refractivity contribution in [3.63, 3.8) is 0 Å². The molecule has 2 aromatic heterocycles. The second kappa shape index (κ2) is 6.74. The predicted molar refractivity (Wildman–Crippen MR) is 102 cm³/mol. The minimum Gasteiger partial charge on any atom is -0.379 e. The third kappa shape index (κ3) is 3.05. The lowest BCUT2D eigenvalue weighted by Gasteiger charge is -2.29. The Hall–Kier alpha value is -2.22. The van der Waals surface area contributed by atoms with Crippen LogP contribution in [-0.2, 0) is 24.4 Å². The van der Waals surface area contributed by atoms with E-state index in [0.717, 1.165) is 37.0 Å². The molecule has 2 aliphatic heterocycles. The van der Waals surface area contributed by atoms with Crippen LogP contribution in [0.2, 0.25) is 5.02 Å². The predicted octanol–water partition coefficient (Wildman–Crippen LogP) is 2.22. The first-order valence-electron chi connectivity index (χ1n) is 9.20. The Morgan fingerprint density at radius 3 is 2.85 bits per heavy atom. The smallest absolute Gasteiger partial charge is 0.264 e. The number of halogens is 1. The van der Waals surface area contributed by atoms with Crippen molar-refractivity contribution in [1.82, 2.24) is 24.2 Å². The van der Waals surface area contributed by atoms with Crippen molar-refractivity contribution in [1.29, 1.82) is 0 Å². The quantitative estimate of drug-likeness (QED) is 0.691. The molecule has 0 aliphatic carbocycles. The zero-order chi connectivity index (χ0) is 18.4. The van der Waals surface area contributed by atoms with Crippen LogP contribution in [0.4, 0.5) is 0 Å². The van der Waals surface area contributed by atoms with Crippen LogP contribution in [0.5, 0.6) is 0 Å². The lowest BCUT2D eigenvalue weighted by molar-refractivity contribution is 0.185. The molecule has 5 rings (SSSR count). The van der Waals surface area contributed by atoms with E-state index in [2.05, 4.69) is 10.00 Å². The van der Waals surface area contributed by atoms with Crippen molar-refractivity contribution >= 4 is 22.6 Å². The number of nitrogens with zero attached hydrogens (tertiary/aromatic N) is 5. The molecule has 140 valence electrons. The Bertz CT molecular complexity index is 1040. The number of aromatic nitrogens is 4. The molecule has 0 radical (unpaired) electrons. The Labute approximate surface area is 161 Å². The van der Waals surface area contributed by atoms with Gasteiger partial charge in [0, 0.05) is 31.3 Å². The highest BCUT2D eigenvalue weighted by molar-refractivity contribution is 6.30. The van der Waals surface area contributed by atoms with Crippen LogP contribution >= 0.6 is 11.6 Å².